The lowest BCUT2D eigenvalue weighted by molar-refractivity contribution is 0.485. The third-order valence-electron chi connectivity index (χ3n) is 2.13. The topological polar surface area (TPSA) is 12.9 Å². The van der Waals surface area contributed by atoms with Crippen molar-refractivity contribution in [3.63, 3.8) is 0 Å². The average Bonchev–Trinajstić information content (AvgIpc) is 2.65. The minimum Gasteiger partial charge on any atom is -0.246 e. The summed E-state index contributed by atoms with van der Waals surface area (Å²) in [5, 5.41) is 0. The summed E-state index contributed by atoms with van der Waals surface area (Å²) in [5.41, 5.74) is 4.59. The molecule has 0 fully saturated rings. The van der Waals surface area contributed by atoms with Crippen molar-refractivity contribution in [1.29, 1.82) is 0 Å². The van der Waals surface area contributed by atoms with Crippen LogP contribution in [0.15, 0.2) is 29.8 Å². The maximum atomic E-state index is 12.3. The molecule has 1 nitrogen and oxygen atoms in total. The molecule has 1 aromatic heterocycles. The Balaban J connectivity index is 2.39. The molecule has 72 valence electrons. The van der Waals surface area contributed by atoms with E-state index in [2.05, 4.69) is 4.98 Å². The van der Waals surface area contributed by atoms with E-state index in [-0.39, 0.29) is 0 Å². The quantitative estimate of drug-likeness (QED) is 0.733. The minimum absolute atomic E-state index is 0.406. The van der Waals surface area contributed by atoms with Crippen LogP contribution in [0.4, 0.5) is 4.39 Å². The van der Waals surface area contributed by atoms with Crippen LogP contribution in [0.2, 0.25) is 0 Å². The van der Waals surface area contributed by atoms with Crippen molar-refractivity contribution < 1.29 is 4.39 Å². The maximum Gasteiger partial charge on any atom is 0.115 e. The Labute approximate surface area is 86.2 Å². The molecule has 0 amide bonds. The number of benzene rings is 1. The molecule has 0 aliphatic rings. The van der Waals surface area contributed by atoms with Crippen molar-refractivity contribution in [2.24, 2.45) is 0 Å². The van der Waals surface area contributed by atoms with Gasteiger partial charge in [-0.05, 0) is 12.5 Å². The van der Waals surface area contributed by atoms with E-state index in [1.54, 1.807) is 23.5 Å². The van der Waals surface area contributed by atoms with E-state index in [1.165, 1.54) is 4.88 Å². The first-order valence-electron chi connectivity index (χ1n) is 4.36. The summed E-state index contributed by atoms with van der Waals surface area (Å²) in [4.78, 5) is 5.46. The lowest BCUT2D eigenvalue weighted by atomic mass is 10.1. The number of nitrogens with zero attached hydrogens (tertiary/aromatic N) is 1. The van der Waals surface area contributed by atoms with Crippen LogP contribution in [0.3, 0.4) is 0 Å². The fourth-order valence-corrected chi connectivity index (χ4v) is 1.93. The van der Waals surface area contributed by atoms with E-state index < -0.39 is 6.67 Å². The fraction of sp³-hybridized carbons (Fsp3) is 0.182. The molecular formula is C11H10FNS. The Kier molecular flexibility index (Phi) is 2.59. The molecule has 0 atom stereocenters. The highest BCUT2D eigenvalue weighted by molar-refractivity contribution is 7.10. The minimum atomic E-state index is -0.406. The van der Waals surface area contributed by atoms with Gasteiger partial charge in [0.05, 0.1) is 11.2 Å². The van der Waals surface area contributed by atoms with Gasteiger partial charge in [0.25, 0.3) is 0 Å². The number of thiazole rings is 1. The summed E-state index contributed by atoms with van der Waals surface area (Å²) in [7, 11) is 0. The highest BCUT2D eigenvalue weighted by atomic mass is 32.1. The highest BCUT2D eigenvalue weighted by Crippen LogP contribution is 2.24. The van der Waals surface area contributed by atoms with Crippen molar-refractivity contribution in [2.45, 2.75) is 13.6 Å². The lowest BCUT2D eigenvalue weighted by Gasteiger charge is -1.99. The summed E-state index contributed by atoms with van der Waals surface area (Å²) < 4.78 is 12.3. The third-order valence-corrected chi connectivity index (χ3v) is 2.88. The van der Waals surface area contributed by atoms with E-state index in [1.807, 2.05) is 24.6 Å². The van der Waals surface area contributed by atoms with Crippen molar-refractivity contribution in [3.8, 4) is 11.3 Å². The lowest BCUT2D eigenvalue weighted by Crippen LogP contribution is -1.82. The van der Waals surface area contributed by atoms with Gasteiger partial charge < -0.3 is 0 Å². The number of hydrogen-bond acceptors (Lipinski definition) is 2. The van der Waals surface area contributed by atoms with E-state index in [4.69, 9.17) is 0 Å². The van der Waals surface area contributed by atoms with Crippen molar-refractivity contribution in [1.82, 2.24) is 4.98 Å². The second kappa shape index (κ2) is 3.88. The van der Waals surface area contributed by atoms with E-state index in [0.29, 0.717) is 5.56 Å². The first-order valence-corrected chi connectivity index (χ1v) is 5.24. The molecule has 0 N–H and O–H groups in total. The molecule has 0 unspecified atom stereocenters. The van der Waals surface area contributed by atoms with E-state index in [0.717, 1.165) is 11.3 Å². The summed E-state index contributed by atoms with van der Waals surface area (Å²) in [6, 6.07) is 7.43. The number of halogens is 1. The van der Waals surface area contributed by atoms with Gasteiger partial charge in [0, 0.05) is 10.4 Å². The van der Waals surface area contributed by atoms with Crippen LogP contribution in [0, 0.1) is 6.92 Å². The third kappa shape index (κ3) is 1.68. The Morgan fingerprint density at radius 2 is 2.00 bits per heavy atom. The molecule has 0 radical (unpaired) electrons. The molecule has 1 heterocycles. The molecule has 0 saturated carbocycles. The van der Waals surface area contributed by atoms with Crippen LogP contribution in [0.1, 0.15) is 10.4 Å². The number of aryl methyl sites for hydroxylation is 1. The molecule has 0 saturated heterocycles. The molecule has 0 spiro atoms. The molecule has 14 heavy (non-hydrogen) atoms. The molecule has 1 aromatic carbocycles. The number of hydrogen-bond donors (Lipinski definition) is 0. The Morgan fingerprint density at radius 1 is 1.29 bits per heavy atom. The zero-order chi connectivity index (χ0) is 9.97. The molecule has 0 aliphatic carbocycles. The molecule has 2 aromatic rings. The molecular weight excluding hydrogens is 197 g/mol. The number of alkyl halides is 1. The van der Waals surface area contributed by atoms with Gasteiger partial charge in [0.2, 0.25) is 0 Å². The number of aromatic nitrogens is 1. The highest BCUT2D eigenvalue weighted by Gasteiger charge is 2.03. The SMILES string of the molecule is Cc1scnc1-c1ccc(CF)cc1. The van der Waals surface area contributed by atoms with Crippen LogP contribution in [-0.2, 0) is 6.67 Å². The van der Waals surface area contributed by atoms with Gasteiger partial charge in [0.1, 0.15) is 6.67 Å². The fourth-order valence-electron chi connectivity index (χ4n) is 1.33. The van der Waals surface area contributed by atoms with Crippen molar-refractivity contribution >= 4 is 11.3 Å². The van der Waals surface area contributed by atoms with Crippen LogP contribution >= 0.6 is 11.3 Å². The average molecular weight is 207 g/mol. The van der Waals surface area contributed by atoms with Gasteiger partial charge in [-0.15, -0.1) is 11.3 Å². The van der Waals surface area contributed by atoms with Crippen LogP contribution in [0.5, 0.6) is 0 Å². The molecule has 2 rings (SSSR count). The molecule has 0 aliphatic heterocycles. The zero-order valence-electron chi connectivity index (χ0n) is 7.83. The van der Waals surface area contributed by atoms with Crippen molar-refractivity contribution in [2.75, 3.05) is 0 Å². The summed E-state index contributed by atoms with van der Waals surface area (Å²) >= 11 is 1.62. The predicted octanol–water partition coefficient (Wildman–Crippen LogP) is 3.59. The van der Waals surface area contributed by atoms with Crippen LogP contribution in [0.25, 0.3) is 11.3 Å². The first-order chi connectivity index (χ1) is 6.81. The Bertz CT molecular complexity index is 419. The van der Waals surface area contributed by atoms with E-state index >= 15 is 0 Å². The van der Waals surface area contributed by atoms with Crippen molar-refractivity contribution in [3.05, 3.63) is 40.2 Å². The normalized spacial score (nSPS) is 10.4. The van der Waals surface area contributed by atoms with E-state index in [9.17, 15) is 4.39 Å². The van der Waals surface area contributed by atoms with Gasteiger partial charge in [-0.25, -0.2) is 9.37 Å². The predicted molar refractivity (Wildman–Crippen MR) is 57.1 cm³/mol. The van der Waals surface area contributed by atoms with Gasteiger partial charge in [-0.2, -0.15) is 0 Å². The first kappa shape index (κ1) is 9.34. The number of rotatable bonds is 2. The Hall–Kier alpha value is -1.22. The van der Waals surface area contributed by atoms with Gasteiger partial charge in [-0.1, -0.05) is 24.3 Å². The van der Waals surface area contributed by atoms with Gasteiger partial charge >= 0.3 is 0 Å². The smallest absolute Gasteiger partial charge is 0.115 e. The van der Waals surface area contributed by atoms with Gasteiger partial charge in [0.15, 0.2) is 0 Å². The zero-order valence-corrected chi connectivity index (χ0v) is 8.64. The monoisotopic (exact) mass is 207 g/mol. The Morgan fingerprint density at radius 3 is 2.50 bits per heavy atom. The van der Waals surface area contributed by atoms with Crippen LogP contribution < -0.4 is 0 Å². The summed E-state index contributed by atoms with van der Waals surface area (Å²) in [5.74, 6) is 0. The molecule has 3 heteroatoms. The van der Waals surface area contributed by atoms with Gasteiger partial charge in [-0.3, -0.25) is 0 Å². The standard InChI is InChI=1S/C11H10FNS/c1-8-11(13-7-14-8)10-4-2-9(6-12)3-5-10/h2-5,7H,6H2,1H3. The maximum absolute atomic E-state index is 12.3. The molecule has 0 bridgehead atoms. The summed E-state index contributed by atoms with van der Waals surface area (Å²) in [6.45, 7) is 1.63. The largest absolute Gasteiger partial charge is 0.246 e. The van der Waals surface area contributed by atoms with Crippen LogP contribution in [-0.4, -0.2) is 4.98 Å². The summed E-state index contributed by atoms with van der Waals surface area (Å²) in [6.07, 6.45) is 0. The second-order valence-corrected chi connectivity index (χ2v) is 4.15. The second-order valence-electron chi connectivity index (χ2n) is 3.09.